The average molecular weight is 562 g/mol. The third-order valence-corrected chi connectivity index (χ3v) is 9.13. The number of likely N-dealkylation sites (N-methyl/N-ethyl adjacent to an activating group) is 1. The van der Waals surface area contributed by atoms with Gasteiger partial charge in [0.15, 0.2) is 5.78 Å². The molecule has 0 spiro atoms. The van der Waals surface area contributed by atoms with E-state index in [9.17, 15) is 18.0 Å². The quantitative estimate of drug-likeness (QED) is 0.258. The zero-order chi connectivity index (χ0) is 28.9. The predicted octanol–water partition coefficient (Wildman–Crippen LogP) is 5.70. The van der Waals surface area contributed by atoms with Crippen LogP contribution < -0.4 is 10.0 Å². The largest absolute Gasteiger partial charge is 0.321 e. The summed E-state index contributed by atoms with van der Waals surface area (Å²) in [6, 6.07) is 17.6. The maximum Gasteiger partial charge on any atom is 0.255 e. The average Bonchev–Trinajstić information content (AvgIpc) is 3.09. The van der Waals surface area contributed by atoms with Crippen LogP contribution in [0, 0.1) is 12.8 Å². The Kier molecular flexibility index (Phi) is 9.56. The van der Waals surface area contributed by atoms with Gasteiger partial charge in [0.05, 0.1) is 11.4 Å². The number of carbonyl (C=O) groups is 2. The van der Waals surface area contributed by atoms with Gasteiger partial charge in [-0.3, -0.25) is 9.59 Å². The number of nitrogens with zero attached hydrogens (tertiary/aromatic N) is 1. The van der Waals surface area contributed by atoms with E-state index in [1.807, 2.05) is 56.3 Å². The molecule has 2 atom stereocenters. The highest BCUT2D eigenvalue weighted by atomic mass is 32.2. The number of hydrogen-bond donors (Lipinski definition) is 2. The minimum absolute atomic E-state index is 0.0787. The molecule has 1 aliphatic carbocycles. The number of rotatable bonds is 9. The van der Waals surface area contributed by atoms with E-state index < -0.39 is 10.0 Å². The van der Waals surface area contributed by atoms with Crippen LogP contribution >= 0.6 is 0 Å². The number of benzene rings is 3. The molecule has 0 saturated heterocycles. The van der Waals surface area contributed by atoms with Gasteiger partial charge in [-0.1, -0.05) is 61.4 Å². The number of aryl methyl sites for hydroxylation is 1. The molecule has 1 amide bonds. The smallest absolute Gasteiger partial charge is 0.255 e. The number of carbonyl (C=O) groups excluding carboxylic acids is 2. The lowest BCUT2D eigenvalue weighted by Gasteiger charge is -2.25. The number of fused-ring (bicyclic) bond motifs is 1. The molecule has 1 saturated carbocycles. The van der Waals surface area contributed by atoms with E-state index in [-0.39, 0.29) is 28.5 Å². The van der Waals surface area contributed by atoms with Crippen LogP contribution in [0.25, 0.3) is 10.8 Å². The van der Waals surface area contributed by atoms with Crippen molar-refractivity contribution in [1.82, 2.24) is 9.62 Å². The molecule has 7 nitrogen and oxygen atoms in total. The van der Waals surface area contributed by atoms with Crippen LogP contribution in [0.1, 0.15) is 54.9 Å². The number of amides is 1. The summed E-state index contributed by atoms with van der Waals surface area (Å²) in [4.78, 5) is 27.4. The van der Waals surface area contributed by atoms with Crippen molar-refractivity contribution < 1.29 is 18.0 Å². The summed E-state index contributed by atoms with van der Waals surface area (Å²) in [5.41, 5.74) is 3.09. The van der Waals surface area contributed by atoms with Crippen molar-refractivity contribution in [3.05, 3.63) is 83.4 Å². The van der Waals surface area contributed by atoms with Crippen molar-refractivity contribution in [3.8, 4) is 0 Å². The monoisotopic (exact) mass is 561 g/mol. The van der Waals surface area contributed by atoms with E-state index in [2.05, 4.69) is 17.0 Å². The Labute approximate surface area is 237 Å². The standard InChI is InChI=1S/C32H39N3O4S/c1-5-24-19-23(20-25(36)21-35(3)4)12-10-16-29(24)34-40(38,39)31-18-17-30(27-14-8-9-15-28(27)31)33-32(37)26-13-7-6-11-22(26)2/h6-9,11,13-15,17-18,20,24,29,34H,5,10,12,16,19,21H2,1-4H3,(H,33,37)/b23-20-/t24-,29+/m1/s1. The van der Waals surface area contributed by atoms with Crippen LogP contribution in [0.2, 0.25) is 0 Å². The first kappa shape index (κ1) is 29.6. The molecule has 0 radical (unpaired) electrons. The van der Waals surface area contributed by atoms with E-state index in [1.165, 1.54) is 0 Å². The number of nitrogens with one attached hydrogen (secondary N) is 2. The lowest BCUT2D eigenvalue weighted by atomic mass is 9.91. The van der Waals surface area contributed by atoms with Crippen molar-refractivity contribution in [2.24, 2.45) is 5.92 Å². The molecule has 40 heavy (non-hydrogen) atoms. The fourth-order valence-corrected chi connectivity index (χ4v) is 7.11. The highest BCUT2D eigenvalue weighted by molar-refractivity contribution is 7.89. The zero-order valence-electron chi connectivity index (χ0n) is 23.7. The predicted molar refractivity (Wildman–Crippen MR) is 161 cm³/mol. The van der Waals surface area contributed by atoms with Gasteiger partial charge >= 0.3 is 0 Å². The Hall–Kier alpha value is -3.33. The molecule has 0 unspecified atom stereocenters. The normalized spacial score (nSPS) is 19.1. The molecule has 8 heteroatoms. The summed E-state index contributed by atoms with van der Waals surface area (Å²) in [6.45, 7) is 4.31. The van der Waals surface area contributed by atoms with Crippen LogP contribution in [0.5, 0.6) is 0 Å². The molecular formula is C32H39N3O4S. The first-order valence-electron chi connectivity index (χ1n) is 13.9. The second-order valence-electron chi connectivity index (χ2n) is 10.9. The lowest BCUT2D eigenvalue weighted by Crippen LogP contribution is -2.39. The third-order valence-electron chi connectivity index (χ3n) is 7.59. The van der Waals surface area contributed by atoms with Crippen LogP contribution in [-0.4, -0.2) is 51.7 Å². The summed E-state index contributed by atoms with van der Waals surface area (Å²) in [5, 5.41) is 4.18. The summed E-state index contributed by atoms with van der Waals surface area (Å²) < 4.78 is 30.6. The molecule has 3 aromatic rings. The second kappa shape index (κ2) is 12.9. The van der Waals surface area contributed by atoms with Crippen molar-refractivity contribution >= 4 is 38.2 Å². The van der Waals surface area contributed by atoms with E-state index >= 15 is 0 Å². The maximum absolute atomic E-state index is 13.8. The first-order valence-corrected chi connectivity index (χ1v) is 15.4. The van der Waals surface area contributed by atoms with E-state index in [0.717, 1.165) is 30.4 Å². The number of anilines is 1. The van der Waals surface area contributed by atoms with Gasteiger partial charge in [-0.25, -0.2) is 13.1 Å². The van der Waals surface area contributed by atoms with Gasteiger partial charge in [-0.15, -0.1) is 0 Å². The fraction of sp³-hybridized carbons (Fsp3) is 0.375. The van der Waals surface area contributed by atoms with Crippen molar-refractivity contribution in [1.29, 1.82) is 0 Å². The Morgan fingerprint density at radius 2 is 1.70 bits per heavy atom. The number of ketones is 1. The van der Waals surface area contributed by atoms with E-state index in [4.69, 9.17) is 0 Å². The minimum Gasteiger partial charge on any atom is -0.321 e. The van der Waals surface area contributed by atoms with Gasteiger partial charge in [-0.05, 0) is 82.5 Å². The second-order valence-corrected chi connectivity index (χ2v) is 12.6. The molecule has 4 rings (SSSR count). The fourth-order valence-electron chi connectivity index (χ4n) is 5.56. The highest BCUT2D eigenvalue weighted by Gasteiger charge is 2.30. The molecule has 3 aromatic carbocycles. The van der Waals surface area contributed by atoms with E-state index in [0.29, 0.717) is 41.4 Å². The number of sulfonamides is 1. The van der Waals surface area contributed by atoms with Gasteiger partial charge < -0.3 is 10.2 Å². The molecule has 212 valence electrons. The summed E-state index contributed by atoms with van der Waals surface area (Å²) in [5.74, 6) is -0.0706. The molecular weight excluding hydrogens is 522 g/mol. The topological polar surface area (TPSA) is 95.6 Å². The molecule has 2 N–H and O–H groups in total. The van der Waals surface area contributed by atoms with Crippen LogP contribution in [0.4, 0.5) is 5.69 Å². The van der Waals surface area contributed by atoms with Gasteiger partial charge in [-0.2, -0.15) is 0 Å². The van der Waals surface area contributed by atoms with Gasteiger partial charge in [0.1, 0.15) is 0 Å². The molecule has 0 heterocycles. The third kappa shape index (κ3) is 7.05. The van der Waals surface area contributed by atoms with Crippen LogP contribution in [0.15, 0.2) is 77.2 Å². The highest BCUT2D eigenvalue weighted by Crippen LogP contribution is 2.33. The number of allylic oxidation sites excluding steroid dienone is 1. The summed E-state index contributed by atoms with van der Waals surface area (Å²) in [7, 11) is -0.117. The van der Waals surface area contributed by atoms with Gasteiger partial charge in [0.25, 0.3) is 5.91 Å². The van der Waals surface area contributed by atoms with Crippen LogP contribution in [0.3, 0.4) is 0 Å². The SMILES string of the molecule is CC[C@@H]1C/C(=C\C(=O)CN(C)C)CCC[C@@H]1NS(=O)(=O)c1ccc(NC(=O)c2ccccc2C)c2ccccc12. The Balaban J connectivity index is 1.59. The van der Waals surface area contributed by atoms with Crippen molar-refractivity contribution in [2.75, 3.05) is 26.0 Å². The minimum atomic E-state index is -3.86. The Bertz CT molecular complexity index is 1530. The van der Waals surface area contributed by atoms with Crippen molar-refractivity contribution in [2.45, 2.75) is 56.9 Å². The summed E-state index contributed by atoms with van der Waals surface area (Å²) in [6.07, 6.45) is 5.59. The first-order chi connectivity index (χ1) is 19.1. The molecule has 1 aliphatic rings. The molecule has 0 aromatic heterocycles. The van der Waals surface area contributed by atoms with E-state index in [1.54, 1.807) is 36.4 Å². The lowest BCUT2D eigenvalue weighted by molar-refractivity contribution is -0.115. The Morgan fingerprint density at radius 3 is 2.40 bits per heavy atom. The van der Waals surface area contributed by atoms with Crippen molar-refractivity contribution in [3.63, 3.8) is 0 Å². The molecule has 0 aliphatic heterocycles. The maximum atomic E-state index is 13.8. The molecule has 1 fully saturated rings. The molecule has 0 bridgehead atoms. The zero-order valence-corrected chi connectivity index (χ0v) is 24.6. The van der Waals surface area contributed by atoms with Crippen LogP contribution in [-0.2, 0) is 14.8 Å². The van der Waals surface area contributed by atoms with Gasteiger partial charge in [0, 0.05) is 28.1 Å². The van der Waals surface area contributed by atoms with Gasteiger partial charge in [0.2, 0.25) is 10.0 Å². The Morgan fingerprint density at radius 1 is 1.00 bits per heavy atom. The summed E-state index contributed by atoms with van der Waals surface area (Å²) >= 11 is 0. The number of hydrogen-bond acceptors (Lipinski definition) is 5.